The van der Waals surface area contributed by atoms with Gasteiger partial charge in [-0.3, -0.25) is 19.7 Å². The van der Waals surface area contributed by atoms with Crippen LogP contribution in [0, 0.1) is 4.77 Å². The predicted molar refractivity (Wildman–Crippen MR) is 89.9 cm³/mol. The van der Waals surface area contributed by atoms with Crippen molar-refractivity contribution in [3.8, 4) is 0 Å². The monoisotopic (exact) mass is 401 g/mol. The number of fused-ring (bicyclic) bond motifs is 1. The molecule has 0 unspecified atom stereocenters. The van der Waals surface area contributed by atoms with Crippen molar-refractivity contribution in [1.29, 1.82) is 0 Å². The van der Waals surface area contributed by atoms with Gasteiger partial charge in [0.15, 0.2) is 4.77 Å². The van der Waals surface area contributed by atoms with E-state index >= 15 is 0 Å². The number of aromatic nitrogens is 4. The minimum absolute atomic E-state index is 0.130. The predicted octanol–water partition coefficient (Wildman–Crippen LogP) is 2.90. The van der Waals surface area contributed by atoms with Gasteiger partial charge < -0.3 is 4.98 Å². The van der Waals surface area contributed by atoms with E-state index in [1.807, 2.05) is 0 Å². The Morgan fingerprint density at radius 3 is 2.59 bits per heavy atom. The number of hydrogen-bond acceptors (Lipinski definition) is 4. The average molecular weight is 401 g/mol. The van der Waals surface area contributed by atoms with Crippen LogP contribution in [0.3, 0.4) is 0 Å². The Labute approximate surface area is 153 Å². The van der Waals surface area contributed by atoms with Crippen molar-refractivity contribution in [3.05, 3.63) is 56.8 Å². The number of hydrogen-bond donors (Lipinski definition) is 2. The van der Waals surface area contributed by atoms with Gasteiger partial charge in [0.1, 0.15) is 17.9 Å². The van der Waals surface area contributed by atoms with Crippen molar-refractivity contribution in [2.24, 2.45) is 0 Å². The Hall–Kier alpha value is -3.02. The first-order valence-corrected chi connectivity index (χ1v) is 7.86. The molecule has 0 fully saturated rings. The third-order valence-corrected chi connectivity index (χ3v) is 3.90. The zero-order valence-electron chi connectivity index (χ0n) is 13.3. The van der Waals surface area contributed by atoms with Gasteiger partial charge >= 0.3 is 0 Å². The summed E-state index contributed by atoms with van der Waals surface area (Å²) in [7, 11) is 0. The van der Waals surface area contributed by atoms with Crippen molar-refractivity contribution in [2.75, 3.05) is 5.43 Å². The number of halogens is 4. The largest absolute Gasteiger partial charge is 0.330 e. The molecule has 1 amide bonds. The summed E-state index contributed by atoms with van der Waals surface area (Å²) in [6.07, 6.45) is -6.17. The summed E-state index contributed by atoms with van der Waals surface area (Å²) in [4.78, 5) is 27.3. The second kappa shape index (κ2) is 7.31. The molecule has 142 valence electrons. The van der Waals surface area contributed by atoms with Gasteiger partial charge in [-0.05, 0) is 30.4 Å². The number of H-pyrrole nitrogens is 1. The van der Waals surface area contributed by atoms with E-state index in [-0.39, 0.29) is 10.2 Å². The molecule has 2 aromatic heterocycles. The summed E-state index contributed by atoms with van der Waals surface area (Å²) < 4.78 is 52.4. The lowest BCUT2D eigenvalue weighted by atomic mass is 10.2. The minimum atomic E-state index is -3.11. The molecule has 0 saturated carbocycles. The number of alkyl halides is 4. The Morgan fingerprint density at radius 1 is 1.22 bits per heavy atom. The normalized spacial score (nSPS) is 11.5. The molecule has 7 nitrogen and oxygen atoms in total. The summed E-state index contributed by atoms with van der Waals surface area (Å²) in [5.74, 6) is -0.947. The highest BCUT2D eigenvalue weighted by molar-refractivity contribution is 7.71. The molecule has 1 aromatic carbocycles. The Balaban J connectivity index is 1.90. The van der Waals surface area contributed by atoms with Crippen LogP contribution in [0.2, 0.25) is 0 Å². The van der Waals surface area contributed by atoms with Gasteiger partial charge in [0, 0.05) is 0 Å². The molecule has 0 aliphatic rings. The topological polar surface area (TPSA) is 84.7 Å². The molecule has 3 rings (SSSR count). The Morgan fingerprint density at radius 2 is 1.93 bits per heavy atom. The smallest absolute Gasteiger partial charge is 0.282 e. The summed E-state index contributed by atoms with van der Waals surface area (Å²) in [6.45, 7) is -0.805. The lowest BCUT2D eigenvalue weighted by Crippen LogP contribution is -2.36. The van der Waals surface area contributed by atoms with Crippen LogP contribution in [0.1, 0.15) is 24.2 Å². The molecule has 2 N–H and O–H groups in total. The van der Waals surface area contributed by atoms with E-state index in [0.717, 1.165) is 4.68 Å². The van der Waals surface area contributed by atoms with Crippen LogP contribution in [0.25, 0.3) is 10.9 Å². The van der Waals surface area contributed by atoms with E-state index in [9.17, 15) is 27.2 Å². The summed E-state index contributed by atoms with van der Waals surface area (Å²) in [5, 5.41) is 3.55. The molecule has 0 spiro atoms. The summed E-state index contributed by atoms with van der Waals surface area (Å²) in [5.41, 5.74) is 0.264. The van der Waals surface area contributed by atoms with Crippen LogP contribution < -0.4 is 11.0 Å². The quantitative estimate of drug-likeness (QED) is 0.509. The van der Waals surface area contributed by atoms with Gasteiger partial charge in [-0.2, -0.15) is 9.77 Å². The number of carbonyl (C=O) groups excluding carboxylic acids is 1. The van der Waals surface area contributed by atoms with Gasteiger partial charge in [0.25, 0.3) is 24.3 Å². The molecular weight excluding hydrogens is 390 g/mol. The second-order valence-electron chi connectivity index (χ2n) is 5.40. The Kier molecular flexibility index (Phi) is 5.08. The third kappa shape index (κ3) is 3.74. The van der Waals surface area contributed by atoms with E-state index in [1.54, 1.807) is 18.2 Å². The zero-order valence-corrected chi connectivity index (χ0v) is 14.1. The molecule has 0 atom stereocenters. The molecular formula is C15H11F4N5O2S. The highest BCUT2D eigenvalue weighted by atomic mass is 32.1. The molecule has 2 heterocycles. The number of rotatable bonds is 5. The van der Waals surface area contributed by atoms with Crippen molar-refractivity contribution < 1.29 is 22.4 Å². The van der Waals surface area contributed by atoms with Gasteiger partial charge in [-0.15, -0.1) is 0 Å². The van der Waals surface area contributed by atoms with Crippen molar-refractivity contribution >= 4 is 29.0 Å². The van der Waals surface area contributed by atoms with E-state index in [0.29, 0.717) is 16.3 Å². The van der Waals surface area contributed by atoms with Crippen molar-refractivity contribution in [2.45, 2.75) is 19.4 Å². The molecule has 0 bridgehead atoms. The molecule has 27 heavy (non-hydrogen) atoms. The summed E-state index contributed by atoms with van der Waals surface area (Å²) >= 11 is 5.01. The molecule has 12 heteroatoms. The first kappa shape index (κ1) is 18.8. The van der Waals surface area contributed by atoms with E-state index in [2.05, 4.69) is 15.5 Å². The van der Waals surface area contributed by atoms with E-state index < -0.39 is 42.2 Å². The Bertz CT molecular complexity index is 1120. The van der Waals surface area contributed by atoms with Crippen LogP contribution >= 0.6 is 12.2 Å². The third-order valence-electron chi connectivity index (χ3n) is 3.61. The fourth-order valence-corrected chi connectivity index (χ4v) is 2.66. The van der Waals surface area contributed by atoms with Crippen LogP contribution in [0.4, 0.5) is 17.6 Å². The molecule has 0 aliphatic heterocycles. The van der Waals surface area contributed by atoms with Crippen LogP contribution in [0.15, 0.2) is 35.1 Å². The van der Waals surface area contributed by atoms with Gasteiger partial charge in [-0.25, -0.2) is 17.6 Å². The zero-order chi connectivity index (χ0) is 19.7. The number of aromatic amines is 1. The van der Waals surface area contributed by atoms with Crippen molar-refractivity contribution in [3.63, 3.8) is 0 Å². The molecule has 0 saturated heterocycles. The van der Waals surface area contributed by atoms with E-state index in [1.165, 1.54) is 6.07 Å². The molecule has 0 aliphatic carbocycles. The van der Waals surface area contributed by atoms with Crippen molar-refractivity contribution in [1.82, 2.24) is 19.4 Å². The summed E-state index contributed by atoms with van der Waals surface area (Å²) in [6, 6.07) is 6.93. The number of carbonyl (C=O) groups is 1. The van der Waals surface area contributed by atoms with Crippen LogP contribution in [-0.4, -0.2) is 25.3 Å². The second-order valence-corrected chi connectivity index (χ2v) is 5.79. The van der Waals surface area contributed by atoms with E-state index in [4.69, 9.17) is 12.2 Å². The minimum Gasteiger partial charge on any atom is -0.330 e. The number of amides is 1. The standard InChI is InChI=1S/C15H11F4N5O2S/c16-12(17)9-5-10(13(18)19)23(21-9)6-11(25)22-24-14(26)7-3-1-2-4-8(7)20-15(24)27/h1-5,12-13H,6H2,(H,20,27)(H,22,25). The fraction of sp³-hybridized carbons (Fsp3) is 0.200. The highest BCUT2D eigenvalue weighted by Crippen LogP contribution is 2.24. The maximum Gasteiger partial charge on any atom is 0.282 e. The number of para-hydroxylation sites is 1. The maximum absolute atomic E-state index is 13.0. The van der Waals surface area contributed by atoms with Crippen LogP contribution in [-0.2, 0) is 11.3 Å². The highest BCUT2D eigenvalue weighted by Gasteiger charge is 2.22. The first-order valence-electron chi connectivity index (χ1n) is 7.46. The van der Waals surface area contributed by atoms with Gasteiger partial charge in [0.2, 0.25) is 0 Å². The number of benzene rings is 1. The fourth-order valence-electron chi connectivity index (χ4n) is 2.42. The average Bonchev–Trinajstić information content (AvgIpc) is 3.03. The lowest BCUT2D eigenvalue weighted by Gasteiger charge is -2.11. The molecule has 3 aromatic rings. The number of nitrogens with zero attached hydrogens (tertiary/aromatic N) is 3. The maximum atomic E-state index is 13.0. The lowest BCUT2D eigenvalue weighted by molar-refractivity contribution is -0.118. The first-order chi connectivity index (χ1) is 12.8. The molecule has 0 radical (unpaired) electrons. The van der Waals surface area contributed by atoms with Crippen LogP contribution in [0.5, 0.6) is 0 Å². The van der Waals surface area contributed by atoms with Gasteiger partial charge in [0.05, 0.1) is 10.9 Å². The SMILES string of the molecule is O=C(Cn1nc(C(F)F)cc1C(F)F)Nn1c(=S)[nH]c2ccccc2c1=O. The number of nitrogens with one attached hydrogen (secondary N) is 2. The van der Waals surface area contributed by atoms with Gasteiger partial charge in [-0.1, -0.05) is 12.1 Å².